The fraction of sp³-hybridized carbons (Fsp3) is 0.818. The van der Waals surface area contributed by atoms with Crippen molar-refractivity contribution in [3.8, 4) is 0 Å². The lowest BCUT2D eigenvalue weighted by molar-refractivity contribution is -0.146. The highest BCUT2D eigenvalue weighted by atomic mass is 16.3. The van der Waals surface area contributed by atoms with E-state index < -0.39 is 29.4 Å². The summed E-state index contributed by atoms with van der Waals surface area (Å²) in [5.74, 6) is -0.931. The zero-order valence-corrected chi connectivity index (χ0v) is 10.5. The lowest BCUT2D eigenvalue weighted by atomic mass is 9.79. The lowest BCUT2D eigenvalue weighted by Gasteiger charge is -2.34. The number of nitrogens with one attached hydrogen (secondary N) is 1. The second-order valence-electron chi connectivity index (χ2n) is 5.30. The SMILES string of the molecule is CC(=O)NC(C(=O)C(C)(O)CO)C(C)(C)C. The Morgan fingerprint density at radius 3 is 1.94 bits per heavy atom. The second kappa shape index (κ2) is 4.93. The number of hydrogen-bond acceptors (Lipinski definition) is 4. The van der Waals surface area contributed by atoms with E-state index in [0.29, 0.717) is 0 Å². The van der Waals surface area contributed by atoms with Crippen LogP contribution in [0.5, 0.6) is 0 Å². The summed E-state index contributed by atoms with van der Waals surface area (Å²) >= 11 is 0. The van der Waals surface area contributed by atoms with Crippen molar-refractivity contribution in [2.75, 3.05) is 6.61 Å². The van der Waals surface area contributed by atoms with Gasteiger partial charge in [-0.2, -0.15) is 0 Å². The van der Waals surface area contributed by atoms with Gasteiger partial charge in [-0.25, -0.2) is 0 Å². The number of Topliss-reactive ketones (excluding diaryl/α,β-unsaturated/α-hetero) is 1. The molecule has 0 saturated carbocycles. The third-order valence-corrected chi connectivity index (χ3v) is 2.31. The summed E-state index contributed by atoms with van der Waals surface area (Å²) in [5, 5.41) is 21.1. The summed E-state index contributed by atoms with van der Waals surface area (Å²) in [5.41, 5.74) is -2.36. The maximum absolute atomic E-state index is 12.0. The van der Waals surface area contributed by atoms with Gasteiger partial charge in [0.2, 0.25) is 5.91 Å². The molecule has 0 aliphatic carbocycles. The van der Waals surface area contributed by atoms with Crippen LogP contribution >= 0.6 is 0 Å². The number of aliphatic hydroxyl groups excluding tert-OH is 1. The molecule has 0 aromatic rings. The lowest BCUT2D eigenvalue weighted by Crippen LogP contribution is -2.57. The molecule has 0 spiro atoms. The zero-order valence-electron chi connectivity index (χ0n) is 10.5. The summed E-state index contributed by atoms with van der Waals surface area (Å²) in [6.07, 6.45) is 0. The molecule has 5 heteroatoms. The minimum Gasteiger partial charge on any atom is -0.393 e. The van der Waals surface area contributed by atoms with E-state index in [9.17, 15) is 14.7 Å². The van der Waals surface area contributed by atoms with Crippen molar-refractivity contribution >= 4 is 11.7 Å². The summed E-state index contributed by atoms with van der Waals surface area (Å²) in [6, 6.07) is -0.827. The standard InChI is InChI=1S/C11H21NO4/c1-7(14)12-8(10(2,3)4)9(15)11(5,16)6-13/h8,13,16H,6H2,1-5H3,(H,12,14). The number of hydrogen-bond donors (Lipinski definition) is 3. The Morgan fingerprint density at radius 2 is 1.69 bits per heavy atom. The molecule has 0 radical (unpaired) electrons. The maximum atomic E-state index is 12.0. The molecule has 16 heavy (non-hydrogen) atoms. The van der Waals surface area contributed by atoms with Crippen LogP contribution in [0.25, 0.3) is 0 Å². The Kier molecular flexibility index (Phi) is 4.64. The van der Waals surface area contributed by atoms with E-state index in [0.717, 1.165) is 0 Å². The van der Waals surface area contributed by atoms with E-state index in [2.05, 4.69) is 5.32 Å². The van der Waals surface area contributed by atoms with Crippen molar-refractivity contribution in [3.63, 3.8) is 0 Å². The normalized spacial score (nSPS) is 17.4. The first-order valence-electron chi connectivity index (χ1n) is 5.17. The number of amides is 1. The van der Waals surface area contributed by atoms with Gasteiger partial charge in [-0.05, 0) is 12.3 Å². The fourth-order valence-electron chi connectivity index (χ4n) is 1.27. The van der Waals surface area contributed by atoms with Gasteiger partial charge >= 0.3 is 0 Å². The van der Waals surface area contributed by atoms with Crippen LogP contribution in [0.15, 0.2) is 0 Å². The van der Waals surface area contributed by atoms with Gasteiger partial charge in [0.05, 0.1) is 12.6 Å². The summed E-state index contributed by atoms with van der Waals surface area (Å²) in [6.45, 7) is 7.20. The number of aliphatic hydroxyl groups is 2. The average molecular weight is 231 g/mol. The molecular formula is C11H21NO4. The number of carbonyl (C=O) groups excluding carboxylic acids is 2. The van der Waals surface area contributed by atoms with Gasteiger partial charge in [0, 0.05) is 6.92 Å². The Labute approximate surface area is 95.9 Å². The molecule has 94 valence electrons. The first-order valence-corrected chi connectivity index (χ1v) is 5.17. The van der Waals surface area contributed by atoms with E-state index in [1.54, 1.807) is 20.8 Å². The minimum absolute atomic E-state index is 0.345. The Hall–Kier alpha value is -0.940. The molecule has 1 amide bonds. The van der Waals surface area contributed by atoms with E-state index >= 15 is 0 Å². The first kappa shape index (κ1) is 15.1. The maximum Gasteiger partial charge on any atom is 0.217 e. The van der Waals surface area contributed by atoms with E-state index in [1.807, 2.05) is 0 Å². The van der Waals surface area contributed by atoms with E-state index in [1.165, 1.54) is 13.8 Å². The average Bonchev–Trinajstić information content (AvgIpc) is 2.11. The molecule has 0 bridgehead atoms. The Balaban J connectivity index is 5.06. The highest BCUT2D eigenvalue weighted by molar-refractivity contribution is 5.94. The van der Waals surface area contributed by atoms with Crippen LogP contribution in [0.3, 0.4) is 0 Å². The van der Waals surface area contributed by atoms with Gasteiger partial charge in [-0.15, -0.1) is 0 Å². The molecule has 0 heterocycles. The van der Waals surface area contributed by atoms with Crippen molar-refractivity contribution in [3.05, 3.63) is 0 Å². The Bertz CT molecular complexity index is 278. The van der Waals surface area contributed by atoms with Gasteiger partial charge in [-0.1, -0.05) is 20.8 Å². The van der Waals surface area contributed by atoms with Crippen molar-refractivity contribution in [2.24, 2.45) is 5.41 Å². The van der Waals surface area contributed by atoms with Crippen LogP contribution in [0.4, 0.5) is 0 Å². The quantitative estimate of drug-likeness (QED) is 0.628. The van der Waals surface area contributed by atoms with Crippen molar-refractivity contribution in [1.29, 1.82) is 0 Å². The molecule has 2 atom stereocenters. The molecule has 2 unspecified atom stereocenters. The first-order chi connectivity index (χ1) is 7.02. The fourth-order valence-corrected chi connectivity index (χ4v) is 1.27. The minimum atomic E-state index is -1.83. The summed E-state index contributed by atoms with van der Waals surface area (Å²) in [7, 11) is 0. The molecule has 0 rings (SSSR count). The molecule has 0 aliphatic rings. The second-order valence-corrected chi connectivity index (χ2v) is 5.30. The highest BCUT2D eigenvalue weighted by Crippen LogP contribution is 2.23. The summed E-state index contributed by atoms with van der Waals surface area (Å²) < 4.78 is 0. The van der Waals surface area contributed by atoms with Crippen LogP contribution in [0, 0.1) is 5.41 Å². The van der Waals surface area contributed by atoms with Gasteiger partial charge in [0.25, 0.3) is 0 Å². The van der Waals surface area contributed by atoms with Crippen molar-refractivity contribution < 1.29 is 19.8 Å². The summed E-state index contributed by atoms with van der Waals surface area (Å²) in [4.78, 5) is 23.0. The van der Waals surface area contributed by atoms with Crippen LogP contribution in [-0.4, -0.2) is 40.2 Å². The monoisotopic (exact) mass is 231 g/mol. The van der Waals surface area contributed by atoms with Crippen LogP contribution < -0.4 is 5.32 Å². The molecular weight excluding hydrogens is 210 g/mol. The van der Waals surface area contributed by atoms with Gasteiger partial charge in [-0.3, -0.25) is 9.59 Å². The third-order valence-electron chi connectivity index (χ3n) is 2.31. The van der Waals surface area contributed by atoms with Crippen LogP contribution in [-0.2, 0) is 9.59 Å². The molecule has 5 nitrogen and oxygen atoms in total. The van der Waals surface area contributed by atoms with Crippen LogP contribution in [0.1, 0.15) is 34.6 Å². The number of carbonyl (C=O) groups is 2. The predicted octanol–water partition coefficient (Wildman–Crippen LogP) is -0.150. The molecule has 0 aromatic heterocycles. The molecule has 0 aromatic carbocycles. The van der Waals surface area contributed by atoms with Gasteiger partial charge in [0.1, 0.15) is 5.60 Å². The van der Waals surface area contributed by atoms with E-state index in [4.69, 9.17) is 5.11 Å². The van der Waals surface area contributed by atoms with Crippen molar-refractivity contribution in [2.45, 2.75) is 46.3 Å². The number of rotatable bonds is 4. The van der Waals surface area contributed by atoms with Crippen molar-refractivity contribution in [1.82, 2.24) is 5.32 Å². The predicted molar refractivity (Wildman–Crippen MR) is 59.8 cm³/mol. The Morgan fingerprint density at radius 1 is 1.25 bits per heavy atom. The van der Waals surface area contributed by atoms with Gasteiger partial charge < -0.3 is 15.5 Å². The molecule has 3 N–H and O–H groups in total. The zero-order chi connectivity index (χ0) is 13.1. The smallest absolute Gasteiger partial charge is 0.217 e. The molecule has 0 fully saturated rings. The topological polar surface area (TPSA) is 86.6 Å². The third kappa shape index (κ3) is 3.90. The highest BCUT2D eigenvalue weighted by Gasteiger charge is 2.41. The van der Waals surface area contributed by atoms with Crippen LogP contribution in [0.2, 0.25) is 0 Å². The number of ketones is 1. The molecule has 0 aliphatic heterocycles. The molecule has 0 saturated heterocycles. The van der Waals surface area contributed by atoms with Gasteiger partial charge in [0.15, 0.2) is 5.78 Å². The van der Waals surface area contributed by atoms with E-state index in [-0.39, 0.29) is 5.91 Å². The largest absolute Gasteiger partial charge is 0.393 e.